The van der Waals surface area contributed by atoms with Gasteiger partial charge in [-0.3, -0.25) is 9.59 Å². The summed E-state index contributed by atoms with van der Waals surface area (Å²) in [4.78, 5) is 23.7. The highest BCUT2D eigenvalue weighted by Crippen LogP contribution is 2.23. The average molecular weight is 420 g/mol. The number of carbonyl (C=O) groups excluding carboxylic acids is 2. The summed E-state index contributed by atoms with van der Waals surface area (Å²) in [7, 11) is 0. The molecular formula is C20H22BrNO4. The number of anilines is 1. The van der Waals surface area contributed by atoms with Crippen molar-refractivity contribution in [3.63, 3.8) is 0 Å². The van der Waals surface area contributed by atoms with Gasteiger partial charge in [-0.25, -0.2) is 0 Å². The van der Waals surface area contributed by atoms with Crippen LogP contribution in [0.3, 0.4) is 0 Å². The number of aryl methyl sites for hydroxylation is 3. The SMILES string of the molecule is Cc1ccc(NC(=O)COC(=O)CCOc2cc(C)ccc2C)c(Br)c1. The number of ether oxygens (including phenoxy) is 2. The van der Waals surface area contributed by atoms with Gasteiger partial charge < -0.3 is 14.8 Å². The Kier molecular flexibility index (Phi) is 7.21. The Morgan fingerprint density at radius 2 is 1.73 bits per heavy atom. The van der Waals surface area contributed by atoms with Gasteiger partial charge in [0.2, 0.25) is 0 Å². The molecule has 0 unspecified atom stereocenters. The van der Waals surface area contributed by atoms with Gasteiger partial charge in [0.1, 0.15) is 5.75 Å². The molecule has 0 saturated carbocycles. The molecule has 1 N–H and O–H groups in total. The molecule has 0 aliphatic heterocycles. The van der Waals surface area contributed by atoms with Gasteiger partial charge in [-0.1, -0.05) is 18.2 Å². The molecule has 1 amide bonds. The Labute approximate surface area is 161 Å². The van der Waals surface area contributed by atoms with Gasteiger partial charge in [-0.2, -0.15) is 0 Å². The van der Waals surface area contributed by atoms with E-state index in [0.29, 0.717) is 5.69 Å². The number of halogens is 1. The smallest absolute Gasteiger partial charge is 0.309 e. The number of amides is 1. The maximum Gasteiger partial charge on any atom is 0.309 e. The molecule has 2 aromatic rings. The van der Waals surface area contributed by atoms with Crippen molar-refractivity contribution in [1.29, 1.82) is 0 Å². The molecule has 26 heavy (non-hydrogen) atoms. The van der Waals surface area contributed by atoms with E-state index in [2.05, 4.69) is 21.2 Å². The molecule has 0 aliphatic carbocycles. The lowest BCUT2D eigenvalue weighted by Crippen LogP contribution is -2.21. The van der Waals surface area contributed by atoms with E-state index in [1.165, 1.54) is 0 Å². The first-order chi connectivity index (χ1) is 12.3. The van der Waals surface area contributed by atoms with Crippen LogP contribution in [-0.2, 0) is 14.3 Å². The fourth-order valence-corrected chi connectivity index (χ4v) is 2.83. The van der Waals surface area contributed by atoms with Gasteiger partial charge in [-0.05, 0) is 71.6 Å². The molecule has 0 heterocycles. The first-order valence-corrected chi connectivity index (χ1v) is 9.06. The number of rotatable bonds is 7. The van der Waals surface area contributed by atoms with Crippen LogP contribution in [0.25, 0.3) is 0 Å². The van der Waals surface area contributed by atoms with Crippen LogP contribution < -0.4 is 10.1 Å². The molecule has 0 aliphatic rings. The van der Waals surface area contributed by atoms with E-state index in [4.69, 9.17) is 9.47 Å². The Bertz CT molecular complexity index is 804. The fraction of sp³-hybridized carbons (Fsp3) is 0.300. The summed E-state index contributed by atoms with van der Waals surface area (Å²) in [6.45, 7) is 5.75. The van der Waals surface area contributed by atoms with Gasteiger partial charge >= 0.3 is 5.97 Å². The lowest BCUT2D eigenvalue weighted by molar-refractivity contribution is -0.147. The second-order valence-corrected chi connectivity index (χ2v) is 6.91. The number of benzene rings is 2. The van der Waals surface area contributed by atoms with Crippen molar-refractivity contribution in [3.05, 3.63) is 57.6 Å². The first-order valence-electron chi connectivity index (χ1n) is 8.27. The summed E-state index contributed by atoms with van der Waals surface area (Å²) in [6.07, 6.45) is 0.0783. The second-order valence-electron chi connectivity index (χ2n) is 6.06. The van der Waals surface area contributed by atoms with E-state index in [9.17, 15) is 9.59 Å². The molecular weight excluding hydrogens is 398 g/mol. The van der Waals surface area contributed by atoms with Crippen molar-refractivity contribution in [1.82, 2.24) is 0 Å². The van der Waals surface area contributed by atoms with Crippen LogP contribution in [0.2, 0.25) is 0 Å². The van der Waals surface area contributed by atoms with Crippen LogP contribution in [0.15, 0.2) is 40.9 Å². The number of nitrogens with one attached hydrogen (secondary N) is 1. The maximum absolute atomic E-state index is 11.9. The largest absolute Gasteiger partial charge is 0.493 e. The molecule has 5 nitrogen and oxygen atoms in total. The van der Waals surface area contributed by atoms with Crippen LogP contribution in [0.1, 0.15) is 23.1 Å². The number of carbonyl (C=O) groups is 2. The van der Waals surface area contributed by atoms with Gasteiger partial charge in [0.15, 0.2) is 6.61 Å². The van der Waals surface area contributed by atoms with Crippen molar-refractivity contribution >= 4 is 33.5 Å². The summed E-state index contributed by atoms with van der Waals surface area (Å²) < 4.78 is 11.4. The minimum atomic E-state index is -0.478. The number of hydrogen-bond acceptors (Lipinski definition) is 4. The third-order valence-electron chi connectivity index (χ3n) is 3.67. The fourth-order valence-electron chi connectivity index (χ4n) is 2.23. The highest BCUT2D eigenvalue weighted by atomic mass is 79.9. The van der Waals surface area contributed by atoms with Gasteiger partial charge in [0.05, 0.1) is 18.7 Å². The van der Waals surface area contributed by atoms with Crippen molar-refractivity contribution in [3.8, 4) is 5.75 Å². The van der Waals surface area contributed by atoms with Crippen LogP contribution in [0.5, 0.6) is 5.75 Å². The van der Waals surface area contributed by atoms with E-state index in [1.807, 2.05) is 51.1 Å². The summed E-state index contributed by atoms with van der Waals surface area (Å²) >= 11 is 3.38. The molecule has 0 aromatic heterocycles. The van der Waals surface area contributed by atoms with Gasteiger partial charge in [0, 0.05) is 4.47 Å². The van der Waals surface area contributed by atoms with E-state index in [-0.39, 0.29) is 19.6 Å². The van der Waals surface area contributed by atoms with Gasteiger partial charge in [0.25, 0.3) is 5.91 Å². The van der Waals surface area contributed by atoms with Crippen LogP contribution >= 0.6 is 15.9 Å². The lowest BCUT2D eigenvalue weighted by atomic mass is 10.1. The average Bonchev–Trinajstić information content (AvgIpc) is 2.58. The predicted molar refractivity (Wildman–Crippen MR) is 104 cm³/mol. The minimum Gasteiger partial charge on any atom is -0.493 e. The summed E-state index contributed by atoms with van der Waals surface area (Å²) in [5, 5.41) is 2.69. The zero-order valence-corrected chi connectivity index (χ0v) is 16.7. The molecule has 0 fully saturated rings. The lowest BCUT2D eigenvalue weighted by Gasteiger charge is -2.10. The van der Waals surface area contributed by atoms with E-state index < -0.39 is 11.9 Å². The van der Waals surface area contributed by atoms with Crippen LogP contribution in [0.4, 0.5) is 5.69 Å². The predicted octanol–water partition coefficient (Wildman–Crippen LogP) is 4.33. The monoisotopic (exact) mass is 419 g/mol. The Morgan fingerprint density at radius 1 is 1.04 bits per heavy atom. The third-order valence-corrected chi connectivity index (χ3v) is 4.33. The maximum atomic E-state index is 11.9. The Balaban J connectivity index is 1.72. The molecule has 6 heteroatoms. The van der Waals surface area contributed by atoms with E-state index in [0.717, 1.165) is 26.9 Å². The standard InChI is InChI=1S/C20H22BrNO4/c1-13-5-7-17(16(21)10-13)22-19(23)12-26-20(24)8-9-25-18-11-14(2)4-6-15(18)3/h4-7,10-11H,8-9,12H2,1-3H3,(H,22,23). The highest BCUT2D eigenvalue weighted by Gasteiger charge is 2.10. The zero-order valence-electron chi connectivity index (χ0n) is 15.1. The highest BCUT2D eigenvalue weighted by molar-refractivity contribution is 9.10. The first kappa shape index (κ1) is 20.0. The molecule has 0 saturated heterocycles. The van der Waals surface area contributed by atoms with Crippen LogP contribution in [0, 0.1) is 20.8 Å². The molecule has 0 radical (unpaired) electrons. The summed E-state index contributed by atoms with van der Waals surface area (Å²) in [5.41, 5.74) is 3.80. The third kappa shape index (κ3) is 6.19. The molecule has 2 aromatic carbocycles. The summed E-state index contributed by atoms with van der Waals surface area (Å²) in [5.74, 6) is -0.119. The Morgan fingerprint density at radius 3 is 2.46 bits per heavy atom. The van der Waals surface area contributed by atoms with Crippen molar-refractivity contribution in [2.75, 3.05) is 18.5 Å². The van der Waals surface area contributed by atoms with E-state index in [1.54, 1.807) is 6.07 Å². The summed E-state index contributed by atoms with van der Waals surface area (Å²) in [6, 6.07) is 11.5. The topological polar surface area (TPSA) is 64.6 Å². The zero-order chi connectivity index (χ0) is 19.1. The van der Waals surface area contributed by atoms with Crippen molar-refractivity contribution < 1.29 is 19.1 Å². The number of esters is 1. The normalized spacial score (nSPS) is 10.3. The quantitative estimate of drug-likeness (QED) is 0.678. The van der Waals surface area contributed by atoms with Gasteiger partial charge in [-0.15, -0.1) is 0 Å². The number of hydrogen-bond donors (Lipinski definition) is 1. The minimum absolute atomic E-state index is 0.0783. The van der Waals surface area contributed by atoms with Crippen molar-refractivity contribution in [2.45, 2.75) is 27.2 Å². The van der Waals surface area contributed by atoms with E-state index >= 15 is 0 Å². The molecule has 138 valence electrons. The van der Waals surface area contributed by atoms with Crippen molar-refractivity contribution in [2.24, 2.45) is 0 Å². The Hall–Kier alpha value is -2.34. The molecule has 0 spiro atoms. The van der Waals surface area contributed by atoms with Crippen LogP contribution in [-0.4, -0.2) is 25.1 Å². The molecule has 0 bridgehead atoms. The second kappa shape index (κ2) is 9.38. The molecule has 2 rings (SSSR count). The molecule has 0 atom stereocenters.